The molecule has 1 aliphatic rings. The molecule has 0 saturated carbocycles. The number of fused-ring (bicyclic) bond motifs is 1. The Balaban J connectivity index is 1.87. The monoisotopic (exact) mass is 411 g/mol. The van der Waals surface area contributed by atoms with Crippen LogP contribution in [0.3, 0.4) is 0 Å². The maximum atomic E-state index is 12.3. The third kappa shape index (κ3) is 3.53. The molecule has 8 nitrogen and oxygen atoms in total. The quantitative estimate of drug-likeness (QED) is 0.639. The number of primary amides is 1. The molecule has 2 aromatic heterocycles. The Labute approximate surface area is 174 Å². The van der Waals surface area contributed by atoms with Crippen molar-refractivity contribution < 1.29 is 23.8 Å². The zero-order valence-electron chi connectivity index (χ0n) is 17.1. The van der Waals surface area contributed by atoms with Gasteiger partial charge in [-0.3, -0.25) is 14.8 Å². The highest BCUT2D eigenvalue weighted by molar-refractivity contribution is 6.08. The van der Waals surface area contributed by atoms with E-state index < -0.39 is 11.3 Å². The van der Waals surface area contributed by atoms with E-state index in [1.165, 1.54) is 0 Å². The number of aryl methyl sites for hydroxylation is 2. The SMILES string of the molecule is Cc1cnc(COc2ccc3oc(C)c(C(N)=O)c3c2C2(CO)CCOCC2)cn1. The van der Waals surface area contributed by atoms with Gasteiger partial charge in [-0.15, -0.1) is 0 Å². The molecule has 1 saturated heterocycles. The van der Waals surface area contributed by atoms with Gasteiger partial charge in [0.1, 0.15) is 23.7 Å². The number of amides is 1. The maximum absolute atomic E-state index is 12.3. The fourth-order valence-electron chi connectivity index (χ4n) is 4.13. The summed E-state index contributed by atoms with van der Waals surface area (Å²) in [6.07, 6.45) is 4.53. The van der Waals surface area contributed by atoms with E-state index in [0.717, 1.165) is 11.3 Å². The average molecular weight is 411 g/mol. The highest BCUT2D eigenvalue weighted by atomic mass is 16.5. The summed E-state index contributed by atoms with van der Waals surface area (Å²) in [5, 5.41) is 11.1. The molecule has 158 valence electrons. The van der Waals surface area contributed by atoms with Crippen LogP contribution in [0.1, 0.15) is 45.9 Å². The Kier molecular flexibility index (Phi) is 5.44. The zero-order valence-corrected chi connectivity index (χ0v) is 17.1. The number of hydrogen-bond acceptors (Lipinski definition) is 7. The van der Waals surface area contributed by atoms with Crippen LogP contribution in [-0.4, -0.2) is 40.8 Å². The van der Waals surface area contributed by atoms with Crippen LogP contribution >= 0.6 is 0 Å². The first-order valence-electron chi connectivity index (χ1n) is 9.90. The van der Waals surface area contributed by atoms with E-state index in [1.54, 1.807) is 31.5 Å². The summed E-state index contributed by atoms with van der Waals surface area (Å²) in [6, 6.07) is 3.57. The average Bonchev–Trinajstić information content (AvgIpc) is 3.09. The van der Waals surface area contributed by atoms with Crippen LogP contribution in [0.4, 0.5) is 0 Å². The number of benzene rings is 1. The number of nitrogens with zero attached hydrogens (tertiary/aromatic N) is 2. The second kappa shape index (κ2) is 8.04. The fourth-order valence-corrected chi connectivity index (χ4v) is 4.13. The van der Waals surface area contributed by atoms with Gasteiger partial charge in [0.05, 0.1) is 29.8 Å². The van der Waals surface area contributed by atoms with E-state index in [0.29, 0.717) is 59.8 Å². The summed E-state index contributed by atoms with van der Waals surface area (Å²) in [6.45, 7) is 4.67. The number of hydrogen-bond donors (Lipinski definition) is 2. The van der Waals surface area contributed by atoms with Crippen molar-refractivity contribution in [1.82, 2.24) is 9.97 Å². The van der Waals surface area contributed by atoms with Crippen molar-refractivity contribution >= 4 is 16.9 Å². The first-order valence-corrected chi connectivity index (χ1v) is 9.90. The van der Waals surface area contributed by atoms with E-state index in [-0.39, 0.29) is 13.2 Å². The number of aliphatic hydroxyl groups excluding tert-OH is 1. The van der Waals surface area contributed by atoms with E-state index in [2.05, 4.69) is 9.97 Å². The predicted molar refractivity (Wildman–Crippen MR) is 109 cm³/mol. The van der Waals surface area contributed by atoms with E-state index in [9.17, 15) is 9.90 Å². The first-order chi connectivity index (χ1) is 14.4. The van der Waals surface area contributed by atoms with Crippen LogP contribution < -0.4 is 10.5 Å². The molecule has 0 atom stereocenters. The highest BCUT2D eigenvalue weighted by Gasteiger charge is 2.40. The largest absolute Gasteiger partial charge is 0.487 e. The number of carbonyl (C=O) groups excluding carboxylic acids is 1. The summed E-state index contributed by atoms with van der Waals surface area (Å²) in [5.74, 6) is 0.429. The molecule has 3 N–H and O–H groups in total. The Morgan fingerprint density at radius 1 is 1.23 bits per heavy atom. The molecular formula is C22H25N3O5. The summed E-state index contributed by atoms with van der Waals surface area (Å²) in [7, 11) is 0. The molecule has 0 radical (unpaired) electrons. The van der Waals surface area contributed by atoms with Gasteiger partial charge in [0.25, 0.3) is 5.91 Å². The van der Waals surface area contributed by atoms with Gasteiger partial charge >= 0.3 is 0 Å². The van der Waals surface area contributed by atoms with Crippen molar-refractivity contribution in [3.05, 3.63) is 52.8 Å². The Hall–Kier alpha value is -2.97. The summed E-state index contributed by atoms with van der Waals surface area (Å²) >= 11 is 0. The molecule has 3 aromatic rings. The van der Waals surface area contributed by atoms with Crippen LogP contribution in [0.15, 0.2) is 28.9 Å². The lowest BCUT2D eigenvalue weighted by Crippen LogP contribution is -2.38. The van der Waals surface area contributed by atoms with Crippen LogP contribution in [0, 0.1) is 13.8 Å². The Morgan fingerprint density at radius 2 is 2.00 bits per heavy atom. The van der Waals surface area contributed by atoms with E-state index >= 15 is 0 Å². The molecule has 1 aromatic carbocycles. The minimum Gasteiger partial charge on any atom is -0.487 e. The maximum Gasteiger partial charge on any atom is 0.252 e. The number of rotatable bonds is 6. The molecule has 0 aliphatic carbocycles. The van der Waals surface area contributed by atoms with Gasteiger partial charge in [-0.2, -0.15) is 0 Å². The third-order valence-electron chi connectivity index (χ3n) is 5.73. The number of aliphatic hydroxyl groups is 1. The molecule has 0 bridgehead atoms. The fraction of sp³-hybridized carbons (Fsp3) is 0.409. The van der Waals surface area contributed by atoms with Crippen molar-refractivity contribution in [2.45, 2.75) is 38.7 Å². The minimum atomic E-state index is -0.632. The van der Waals surface area contributed by atoms with Gasteiger partial charge in [-0.1, -0.05) is 0 Å². The second-order valence-electron chi connectivity index (χ2n) is 7.70. The second-order valence-corrected chi connectivity index (χ2v) is 7.70. The van der Waals surface area contributed by atoms with Crippen LogP contribution in [0.5, 0.6) is 5.75 Å². The Bertz CT molecular complexity index is 1070. The van der Waals surface area contributed by atoms with E-state index in [4.69, 9.17) is 19.6 Å². The lowest BCUT2D eigenvalue weighted by Gasteiger charge is -2.37. The molecule has 30 heavy (non-hydrogen) atoms. The molecule has 1 amide bonds. The standard InChI is InChI=1S/C22H25N3O5/c1-13-9-25-15(10-24-13)11-29-17-4-3-16-19(18(21(23)27)14(2)30-16)20(17)22(12-26)5-7-28-8-6-22/h3-4,9-10,26H,5-8,11-12H2,1-2H3,(H2,23,27). The van der Waals surface area contributed by atoms with Crippen LogP contribution in [0.25, 0.3) is 11.0 Å². The summed E-state index contributed by atoms with van der Waals surface area (Å²) in [5.41, 5.74) is 8.15. The first kappa shape index (κ1) is 20.3. The van der Waals surface area contributed by atoms with Gasteiger partial charge in [-0.25, -0.2) is 0 Å². The molecule has 0 unspecified atom stereocenters. The van der Waals surface area contributed by atoms with Crippen LogP contribution in [0.2, 0.25) is 0 Å². The minimum absolute atomic E-state index is 0.112. The summed E-state index contributed by atoms with van der Waals surface area (Å²) < 4.78 is 17.5. The van der Waals surface area contributed by atoms with Gasteiger partial charge in [0.15, 0.2) is 0 Å². The lowest BCUT2D eigenvalue weighted by atomic mass is 9.72. The molecule has 0 spiro atoms. The van der Waals surface area contributed by atoms with Crippen molar-refractivity contribution in [2.75, 3.05) is 19.8 Å². The van der Waals surface area contributed by atoms with Gasteiger partial charge in [-0.05, 0) is 38.8 Å². The molecule has 8 heteroatoms. The smallest absolute Gasteiger partial charge is 0.252 e. The van der Waals surface area contributed by atoms with Crippen molar-refractivity contribution in [3.63, 3.8) is 0 Å². The predicted octanol–water partition coefficient (Wildman–Crippen LogP) is 2.56. The van der Waals surface area contributed by atoms with Crippen molar-refractivity contribution in [3.8, 4) is 5.75 Å². The lowest BCUT2D eigenvalue weighted by molar-refractivity contribution is 0.0246. The molecular weight excluding hydrogens is 386 g/mol. The van der Waals surface area contributed by atoms with Gasteiger partial charge < -0.3 is 24.7 Å². The topological polar surface area (TPSA) is 121 Å². The normalized spacial score (nSPS) is 16.0. The molecule has 1 fully saturated rings. The zero-order chi connectivity index (χ0) is 21.3. The number of nitrogens with two attached hydrogens (primary N) is 1. The molecule has 4 rings (SSSR count). The number of ether oxygens (including phenoxy) is 2. The Morgan fingerprint density at radius 3 is 2.63 bits per heavy atom. The van der Waals surface area contributed by atoms with Gasteiger partial charge in [0, 0.05) is 35.8 Å². The molecule has 1 aliphatic heterocycles. The van der Waals surface area contributed by atoms with Crippen molar-refractivity contribution in [2.24, 2.45) is 5.73 Å². The van der Waals surface area contributed by atoms with Crippen molar-refractivity contribution in [1.29, 1.82) is 0 Å². The molecule has 3 heterocycles. The number of furan rings is 1. The number of aromatic nitrogens is 2. The summed E-state index contributed by atoms with van der Waals surface area (Å²) in [4.78, 5) is 20.8. The van der Waals surface area contributed by atoms with E-state index in [1.807, 2.05) is 6.92 Å². The number of carbonyl (C=O) groups is 1. The van der Waals surface area contributed by atoms with Crippen LogP contribution in [-0.2, 0) is 16.8 Å². The highest BCUT2D eigenvalue weighted by Crippen LogP contribution is 2.46. The third-order valence-corrected chi connectivity index (χ3v) is 5.73. The van der Waals surface area contributed by atoms with Gasteiger partial charge in [0.2, 0.25) is 0 Å².